The van der Waals surface area contributed by atoms with Gasteiger partial charge in [0, 0.05) is 39.6 Å². The number of nitrogens with one attached hydrogen (secondary N) is 3. The number of amides is 2. The van der Waals surface area contributed by atoms with Crippen LogP contribution in [0.25, 0.3) is 17.0 Å². The minimum atomic E-state index is -0.278. The van der Waals surface area contributed by atoms with Crippen molar-refractivity contribution in [3.63, 3.8) is 0 Å². The highest BCUT2D eigenvalue weighted by Gasteiger charge is 2.40. The van der Waals surface area contributed by atoms with E-state index >= 15 is 0 Å². The van der Waals surface area contributed by atoms with Gasteiger partial charge >= 0.3 is 0 Å². The molecule has 3 aromatic rings. The summed E-state index contributed by atoms with van der Waals surface area (Å²) in [6, 6.07) is 12.9. The molecule has 2 amide bonds. The Morgan fingerprint density at radius 1 is 1.18 bits per heavy atom. The summed E-state index contributed by atoms with van der Waals surface area (Å²) in [5.74, 6) is -0.157. The van der Waals surface area contributed by atoms with Gasteiger partial charge < -0.3 is 20.4 Å². The zero-order chi connectivity index (χ0) is 23.7. The molecule has 0 radical (unpaired) electrons. The Balaban J connectivity index is 1.16. The second kappa shape index (κ2) is 9.72. The van der Waals surface area contributed by atoms with Crippen LogP contribution in [0.15, 0.2) is 54.4 Å². The van der Waals surface area contributed by atoms with Gasteiger partial charge in [-0.25, -0.2) is 0 Å². The molecule has 1 aromatic heterocycles. The minimum Gasteiger partial charge on any atom is -0.483 e. The molecule has 8 heteroatoms. The van der Waals surface area contributed by atoms with Crippen LogP contribution in [0, 0.1) is 5.92 Å². The van der Waals surface area contributed by atoms with E-state index in [2.05, 4.69) is 15.6 Å². The van der Waals surface area contributed by atoms with Crippen LogP contribution in [0.1, 0.15) is 30.4 Å². The number of halogens is 2. The summed E-state index contributed by atoms with van der Waals surface area (Å²) in [6.45, 7) is 0.538. The lowest BCUT2D eigenvalue weighted by Crippen LogP contribution is -2.54. The Morgan fingerprint density at radius 2 is 2.03 bits per heavy atom. The Bertz CT molecular complexity index is 1270. The highest BCUT2D eigenvalue weighted by Crippen LogP contribution is 2.32. The van der Waals surface area contributed by atoms with E-state index in [1.54, 1.807) is 12.1 Å². The molecular weight excluding hydrogens is 473 g/mol. The number of rotatable bonds is 5. The van der Waals surface area contributed by atoms with E-state index in [1.165, 1.54) is 0 Å². The van der Waals surface area contributed by atoms with Crippen molar-refractivity contribution < 1.29 is 14.3 Å². The number of H-pyrrole nitrogens is 1. The molecule has 3 atom stereocenters. The standard InChI is InChI=1S/C26H25Cl2N3O3/c27-18-6-7-21-19(13-18)17(14-30-21)9-10-29-25(32)16-5-8-23-22(11-16)31-26(33)24(34-23)12-15-3-1-2-4-20(15)28/h1-4,6-7,12-14,16,22-23,30H,5,8-11H2,(H,29,32)(H,31,33)/b24-12+. The molecule has 1 saturated heterocycles. The first-order valence-electron chi connectivity index (χ1n) is 11.4. The fourth-order valence-corrected chi connectivity index (χ4v) is 5.15. The second-order valence-electron chi connectivity index (χ2n) is 8.82. The summed E-state index contributed by atoms with van der Waals surface area (Å²) in [5.41, 5.74) is 2.88. The third-order valence-corrected chi connectivity index (χ3v) is 7.17. The Kier molecular flexibility index (Phi) is 6.53. The molecule has 34 heavy (non-hydrogen) atoms. The maximum Gasteiger partial charge on any atom is 0.286 e. The first kappa shape index (κ1) is 22.8. The van der Waals surface area contributed by atoms with Gasteiger partial charge in [-0.2, -0.15) is 0 Å². The van der Waals surface area contributed by atoms with Crippen molar-refractivity contribution in [1.29, 1.82) is 0 Å². The Labute approximate surface area is 207 Å². The third kappa shape index (κ3) is 4.79. The lowest BCUT2D eigenvalue weighted by molar-refractivity contribution is -0.134. The number of fused-ring (bicyclic) bond motifs is 2. The van der Waals surface area contributed by atoms with Gasteiger partial charge in [-0.15, -0.1) is 0 Å². The van der Waals surface area contributed by atoms with Gasteiger partial charge in [-0.05, 0) is 67.2 Å². The van der Waals surface area contributed by atoms with E-state index in [4.69, 9.17) is 27.9 Å². The largest absolute Gasteiger partial charge is 0.483 e. The maximum atomic E-state index is 12.8. The zero-order valence-electron chi connectivity index (χ0n) is 18.4. The van der Waals surface area contributed by atoms with Gasteiger partial charge in [0.1, 0.15) is 6.10 Å². The van der Waals surface area contributed by atoms with E-state index in [0.717, 1.165) is 22.0 Å². The van der Waals surface area contributed by atoms with Crippen molar-refractivity contribution in [3.8, 4) is 0 Å². The molecule has 2 aromatic carbocycles. The van der Waals surface area contributed by atoms with E-state index in [9.17, 15) is 9.59 Å². The zero-order valence-corrected chi connectivity index (χ0v) is 20.0. The summed E-state index contributed by atoms with van der Waals surface area (Å²) in [6.07, 6.45) is 6.16. The van der Waals surface area contributed by atoms with Crippen LogP contribution in [-0.2, 0) is 20.7 Å². The van der Waals surface area contributed by atoms with Crippen LogP contribution >= 0.6 is 23.2 Å². The first-order valence-corrected chi connectivity index (χ1v) is 12.2. The second-order valence-corrected chi connectivity index (χ2v) is 9.66. The van der Waals surface area contributed by atoms with Gasteiger partial charge in [-0.1, -0.05) is 41.4 Å². The van der Waals surface area contributed by atoms with Crippen LogP contribution in [-0.4, -0.2) is 35.5 Å². The molecule has 176 valence electrons. The summed E-state index contributed by atoms with van der Waals surface area (Å²) >= 11 is 12.3. The minimum absolute atomic E-state index is 0.0166. The monoisotopic (exact) mass is 497 g/mol. The number of morpholine rings is 1. The molecule has 2 fully saturated rings. The molecule has 1 aliphatic carbocycles. The quantitative estimate of drug-likeness (QED) is 0.440. The number of hydrogen-bond acceptors (Lipinski definition) is 3. The van der Waals surface area contributed by atoms with Gasteiger partial charge in [-0.3, -0.25) is 9.59 Å². The first-order chi connectivity index (χ1) is 16.5. The average Bonchev–Trinajstić information content (AvgIpc) is 3.22. The summed E-state index contributed by atoms with van der Waals surface area (Å²) in [4.78, 5) is 28.7. The number of aromatic amines is 1. The van der Waals surface area contributed by atoms with Crippen LogP contribution < -0.4 is 10.6 Å². The van der Waals surface area contributed by atoms with Crippen molar-refractivity contribution in [2.75, 3.05) is 6.54 Å². The smallest absolute Gasteiger partial charge is 0.286 e. The number of carbonyl (C=O) groups excluding carboxylic acids is 2. The van der Waals surface area contributed by atoms with Gasteiger partial charge in [0.25, 0.3) is 5.91 Å². The Hall–Kier alpha value is -2.96. The maximum absolute atomic E-state index is 12.8. The molecule has 2 heterocycles. The van der Waals surface area contributed by atoms with E-state index in [0.29, 0.717) is 42.3 Å². The predicted octanol–water partition coefficient (Wildman–Crippen LogP) is 4.86. The third-order valence-electron chi connectivity index (χ3n) is 6.59. The van der Waals surface area contributed by atoms with Crippen molar-refractivity contribution >= 4 is 52.0 Å². The average molecular weight is 498 g/mol. The fourth-order valence-electron chi connectivity index (χ4n) is 4.79. The van der Waals surface area contributed by atoms with Gasteiger partial charge in [0.2, 0.25) is 5.91 Å². The van der Waals surface area contributed by atoms with E-state index in [-0.39, 0.29) is 35.6 Å². The molecular formula is C26H25Cl2N3O3. The molecule has 0 spiro atoms. The molecule has 1 aliphatic heterocycles. The lowest BCUT2D eigenvalue weighted by Gasteiger charge is -2.39. The van der Waals surface area contributed by atoms with Crippen molar-refractivity contribution in [3.05, 3.63) is 75.6 Å². The fraction of sp³-hybridized carbons (Fsp3) is 0.308. The van der Waals surface area contributed by atoms with Gasteiger partial charge in [0.05, 0.1) is 6.04 Å². The topological polar surface area (TPSA) is 83.2 Å². The van der Waals surface area contributed by atoms with Crippen molar-refractivity contribution in [2.45, 2.75) is 37.8 Å². The van der Waals surface area contributed by atoms with Crippen LogP contribution in [0.4, 0.5) is 0 Å². The molecule has 1 saturated carbocycles. The molecule has 0 bridgehead atoms. The normalized spacial score (nSPS) is 23.3. The SMILES string of the molecule is O=C1NC2CC(C(=O)NCCc3c[nH]c4ccc(Cl)cc34)CCC2O/C1=C/c1ccccc1Cl. The molecule has 6 nitrogen and oxygen atoms in total. The molecule has 5 rings (SSSR count). The van der Waals surface area contributed by atoms with Crippen molar-refractivity contribution in [2.24, 2.45) is 5.92 Å². The number of hydrogen-bond donors (Lipinski definition) is 3. The lowest BCUT2D eigenvalue weighted by atomic mass is 9.82. The van der Waals surface area contributed by atoms with Crippen molar-refractivity contribution in [1.82, 2.24) is 15.6 Å². The highest BCUT2D eigenvalue weighted by molar-refractivity contribution is 6.32. The van der Waals surface area contributed by atoms with Crippen LogP contribution in [0.5, 0.6) is 0 Å². The summed E-state index contributed by atoms with van der Waals surface area (Å²) < 4.78 is 6.01. The van der Waals surface area contributed by atoms with E-state index in [1.807, 2.05) is 42.6 Å². The molecule has 3 unspecified atom stereocenters. The number of benzene rings is 2. The van der Waals surface area contributed by atoms with Gasteiger partial charge in [0.15, 0.2) is 5.76 Å². The number of aromatic nitrogens is 1. The Morgan fingerprint density at radius 3 is 2.88 bits per heavy atom. The number of carbonyl (C=O) groups is 2. The van der Waals surface area contributed by atoms with E-state index < -0.39 is 0 Å². The number of ether oxygens (including phenoxy) is 1. The van der Waals surface area contributed by atoms with Crippen LogP contribution in [0.3, 0.4) is 0 Å². The molecule has 3 N–H and O–H groups in total. The summed E-state index contributed by atoms with van der Waals surface area (Å²) in [7, 11) is 0. The molecule has 2 aliphatic rings. The predicted molar refractivity (Wildman–Crippen MR) is 134 cm³/mol. The highest BCUT2D eigenvalue weighted by atomic mass is 35.5. The van der Waals surface area contributed by atoms with Crippen LogP contribution in [0.2, 0.25) is 10.0 Å². The summed E-state index contributed by atoms with van der Waals surface area (Å²) in [5, 5.41) is 8.41.